The minimum absolute atomic E-state index is 0.190. The summed E-state index contributed by atoms with van der Waals surface area (Å²) in [7, 11) is 2.14. The number of carbonyl (C=O) groups excluding carboxylic acids is 1. The SMILES string of the molecule is Cc1noc(C)c1CCC(=O)N1C[C@H](c2ccc(F)cc2)[C@@H]2[C@H]1CCCN2C. The number of nitrogens with zero attached hydrogens (tertiary/aromatic N) is 3. The number of halogens is 1. The molecule has 0 N–H and O–H groups in total. The summed E-state index contributed by atoms with van der Waals surface area (Å²) in [5.41, 5.74) is 3.03. The van der Waals surface area contributed by atoms with Crippen molar-refractivity contribution in [2.24, 2.45) is 0 Å². The predicted molar refractivity (Wildman–Crippen MR) is 105 cm³/mol. The van der Waals surface area contributed by atoms with Crippen LogP contribution in [0.3, 0.4) is 0 Å². The zero-order valence-electron chi connectivity index (χ0n) is 16.8. The number of fused-ring (bicyclic) bond motifs is 1. The van der Waals surface area contributed by atoms with Crippen LogP contribution in [0.2, 0.25) is 0 Å². The summed E-state index contributed by atoms with van der Waals surface area (Å²) >= 11 is 0. The second-order valence-corrected chi connectivity index (χ2v) is 8.19. The molecule has 2 aliphatic heterocycles. The van der Waals surface area contributed by atoms with Crippen molar-refractivity contribution in [1.82, 2.24) is 15.0 Å². The van der Waals surface area contributed by atoms with Gasteiger partial charge in [-0.1, -0.05) is 17.3 Å². The highest BCUT2D eigenvalue weighted by Gasteiger charge is 2.47. The number of carbonyl (C=O) groups is 1. The van der Waals surface area contributed by atoms with Gasteiger partial charge in [-0.3, -0.25) is 4.79 Å². The van der Waals surface area contributed by atoms with Crippen LogP contribution >= 0.6 is 0 Å². The summed E-state index contributed by atoms with van der Waals surface area (Å²) in [6.07, 6.45) is 3.25. The fourth-order valence-electron chi connectivity index (χ4n) is 5.07. The average molecular weight is 385 g/mol. The van der Waals surface area contributed by atoms with Crippen LogP contribution < -0.4 is 0 Å². The van der Waals surface area contributed by atoms with E-state index in [2.05, 4.69) is 22.0 Å². The molecule has 0 aliphatic carbocycles. The lowest BCUT2D eigenvalue weighted by Crippen LogP contribution is -2.50. The maximum atomic E-state index is 13.4. The van der Waals surface area contributed by atoms with Crippen LogP contribution in [0.25, 0.3) is 0 Å². The summed E-state index contributed by atoms with van der Waals surface area (Å²) in [4.78, 5) is 17.6. The summed E-state index contributed by atoms with van der Waals surface area (Å²) in [6, 6.07) is 7.31. The summed E-state index contributed by atoms with van der Waals surface area (Å²) in [5, 5.41) is 3.99. The lowest BCUT2D eigenvalue weighted by Gasteiger charge is -2.39. The third kappa shape index (κ3) is 3.46. The molecule has 2 fully saturated rings. The highest BCUT2D eigenvalue weighted by Crippen LogP contribution is 2.40. The van der Waals surface area contributed by atoms with Gasteiger partial charge < -0.3 is 14.3 Å². The maximum Gasteiger partial charge on any atom is 0.223 e. The van der Waals surface area contributed by atoms with Crippen molar-refractivity contribution in [2.75, 3.05) is 20.1 Å². The molecular formula is C22H28FN3O2. The van der Waals surface area contributed by atoms with Crippen molar-refractivity contribution in [1.29, 1.82) is 0 Å². The van der Waals surface area contributed by atoms with Gasteiger partial charge in [0, 0.05) is 36.5 Å². The molecule has 150 valence electrons. The Hall–Kier alpha value is -2.21. The minimum atomic E-state index is -0.220. The largest absolute Gasteiger partial charge is 0.361 e. The Morgan fingerprint density at radius 3 is 2.71 bits per heavy atom. The number of hydrogen-bond donors (Lipinski definition) is 0. The van der Waals surface area contributed by atoms with Crippen molar-refractivity contribution < 1.29 is 13.7 Å². The quantitative estimate of drug-likeness (QED) is 0.809. The first-order valence-corrected chi connectivity index (χ1v) is 10.1. The lowest BCUT2D eigenvalue weighted by molar-refractivity contribution is -0.133. The molecule has 0 radical (unpaired) electrons. The number of piperidine rings is 1. The smallest absolute Gasteiger partial charge is 0.223 e. The van der Waals surface area contributed by atoms with Crippen molar-refractivity contribution in [3.05, 3.63) is 52.7 Å². The fourth-order valence-corrected chi connectivity index (χ4v) is 5.07. The molecule has 6 heteroatoms. The Balaban J connectivity index is 1.53. The summed E-state index contributed by atoms with van der Waals surface area (Å²) in [6.45, 7) is 5.56. The minimum Gasteiger partial charge on any atom is -0.361 e. The second kappa shape index (κ2) is 7.66. The third-order valence-corrected chi connectivity index (χ3v) is 6.51. The number of aromatic nitrogens is 1. The Kier molecular flexibility index (Phi) is 5.23. The summed E-state index contributed by atoms with van der Waals surface area (Å²) in [5.74, 6) is 0.989. The van der Waals surface area contributed by atoms with Gasteiger partial charge in [0.15, 0.2) is 0 Å². The van der Waals surface area contributed by atoms with E-state index in [0.29, 0.717) is 25.4 Å². The number of rotatable bonds is 4. The first-order chi connectivity index (χ1) is 13.5. The van der Waals surface area contributed by atoms with E-state index >= 15 is 0 Å². The number of hydrogen-bond acceptors (Lipinski definition) is 4. The van der Waals surface area contributed by atoms with Crippen LogP contribution in [0, 0.1) is 19.7 Å². The van der Waals surface area contributed by atoms with E-state index in [4.69, 9.17) is 4.52 Å². The van der Waals surface area contributed by atoms with Gasteiger partial charge in [-0.25, -0.2) is 4.39 Å². The molecule has 5 nitrogen and oxygen atoms in total. The standard InChI is InChI=1S/C22H28FN3O2/c1-14-18(15(2)28-24-14)10-11-21(27)26-13-19(16-6-8-17(23)9-7-16)22-20(26)5-4-12-25(22)3/h6-9,19-20,22H,4-5,10-13H2,1-3H3/t19-,20-,22-/m1/s1. The van der Waals surface area contributed by atoms with E-state index in [1.807, 2.05) is 26.0 Å². The normalized spacial score (nSPS) is 25.1. The van der Waals surface area contributed by atoms with Gasteiger partial charge in [-0.05, 0) is 64.4 Å². The molecular weight excluding hydrogens is 357 g/mol. The van der Waals surface area contributed by atoms with E-state index < -0.39 is 0 Å². The third-order valence-electron chi connectivity index (χ3n) is 6.51. The molecule has 2 saturated heterocycles. The van der Waals surface area contributed by atoms with Crippen molar-refractivity contribution >= 4 is 5.91 Å². The predicted octanol–water partition coefficient (Wildman–Crippen LogP) is 3.45. The van der Waals surface area contributed by atoms with Crippen molar-refractivity contribution in [3.8, 4) is 0 Å². The van der Waals surface area contributed by atoms with Gasteiger partial charge in [-0.15, -0.1) is 0 Å². The van der Waals surface area contributed by atoms with Gasteiger partial charge >= 0.3 is 0 Å². The Morgan fingerprint density at radius 1 is 1.29 bits per heavy atom. The molecule has 1 amide bonds. The molecule has 1 aromatic carbocycles. The van der Waals surface area contributed by atoms with E-state index in [-0.39, 0.29) is 23.7 Å². The zero-order chi connectivity index (χ0) is 19.8. The molecule has 0 saturated carbocycles. The van der Waals surface area contributed by atoms with Gasteiger partial charge in [0.25, 0.3) is 0 Å². The molecule has 2 aromatic rings. The van der Waals surface area contributed by atoms with Gasteiger partial charge in [0.1, 0.15) is 11.6 Å². The first kappa shape index (κ1) is 19.1. The Morgan fingerprint density at radius 2 is 2.04 bits per heavy atom. The Bertz CT molecular complexity index is 828. The monoisotopic (exact) mass is 385 g/mol. The second-order valence-electron chi connectivity index (χ2n) is 8.19. The van der Waals surface area contributed by atoms with E-state index in [1.54, 1.807) is 0 Å². The van der Waals surface area contributed by atoms with Crippen LogP contribution in [0.15, 0.2) is 28.8 Å². The van der Waals surface area contributed by atoms with Crippen LogP contribution in [0.4, 0.5) is 4.39 Å². The number of likely N-dealkylation sites (tertiary alicyclic amines) is 2. The first-order valence-electron chi connectivity index (χ1n) is 10.1. The molecule has 2 aliphatic rings. The number of amides is 1. The molecule has 3 heterocycles. The van der Waals surface area contributed by atoms with E-state index in [9.17, 15) is 9.18 Å². The molecule has 1 aromatic heterocycles. The van der Waals surface area contributed by atoms with E-state index in [1.165, 1.54) is 12.1 Å². The number of aryl methyl sites for hydroxylation is 2. The van der Waals surface area contributed by atoms with Crippen LogP contribution in [-0.4, -0.2) is 53.1 Å². The molecule has 0 bridgehead atoms. The van der Waals surface area contributed by atoms with Crippen LogP contribution in [0.1, 0.15) is 47.8 Å². The Labute approximate surface area is 165 Å². The molecule has 3 atom stereocenters. The average Bonchev–Trinajstić information content (AvgIpc) is 3.22. The maximum absolute atomic E-state index is 13.4. The molecule has 0 unspecified atom stereocenters. The van der Waals surface area contributed by atoms with Crippen LogP contribution in [-0.2, 0) is 11.2 Å². The number of benzene rings is 1. The topological polar surface area (TPSA) is 49.6 Å². The fraction of sp³-hybridized carbons (Fsp3) is 0.545. The van der Waals surface area contributed by atoms with Crippen molar-refractivity contribution in [3.63, 3.8) is 0 Å². The van der Waals surface area contributed by atoms with Gasteiger partial charge in [0.2, 0.25) is 5.91 Å². The highest BCUT2D eigenvalue weighted by atomic mass is 19.1. The van der Waals surface area contributed by atoms with Crippen molar-refractivity contribution in [2.45, 2.75) is 57.5 Å². The lowest BCUT2D eigenvalue weighted by atomic mass is 9.86. The highest BCUT2D eigenvalue weighted by molar-refractivity contribution is 5.77. The van der Waals surface area contributed by atoms with Gasteiger partial charge in [0.05, 0.1) is 5.69 Å². The zero-order valence-corrected chi connectivity index (χ0v) is 16.8. The molecule has 4 rings (SSSR count). The molecule has 0 spiro atoms. The summed E-state index contributed by atoms with van der Waals surface area (Å²) < 4.78 is 18.6. The van der Waals surface area contributed by atoms with Crippen LogP contribution in [0.5, 0.6) is 0 Å². The number of likely N-dealkylation sites (N-methyl/N-ethyl adjacent to an activating group) is 1. The van der Waals surface area contributed by atoms with E-state index in [0.717, 1.165) is 42.0 Å². The van der Waals surface area contributed by atoms with Gasteiger partial charge in [-0.2, -0.15) is 0 Å². The molecule has 28 heavy (non-hydrogen) atoms.